The second-order valence-corrected chi connectivity index (χ2v) is 8.91. The van der Waals surface area contributed by atoms with Gasteiger partial charge in [-0.25, -0.2) is 0 Å². The number of amides is 1. The maximum atomic E-state index is 12.6. The zero-order chi connectivity index (χ0) is 21.8. The van der Waals surface area contributed by atoms with Crippen molar-refractivity contribution in [2.75, 3.05) is 13.1 Å². The van der Waals surface area contributed by atoms with E-state index in [2.05, 4.69) is 4.99 Å². The molecule has 1 amide bonds. The lowest BCUT2D eigenvalue weighted by Crippen LogP contribution is -2.28. The van der Waals surface area contributed by atoms with Gasteiger partial charge in [0.1, 0.15) is 6.61 Å². The Hall–Kier alpha value is -1.37. The fourth-order valence-electron chi connectivity index (χ4n) is 2.78. The summed E-state index contributed by atoms with van der Waals surface area (Å²) < 4.78 is 5.79. The Balaban J connectivity index is 1.80. The van der Waals surface area contributed by atoms with E-state index in [1.807, 2.05) is 19.9 Å². The standard InChI is InChI=1S/C21H18Cl4N2O2S/c1-3-26-21-27(4-2)20(28)18(30-21)10-13-8-16(24)19(17(25)9-13)29-11-12-5-6-14(22)15(23)7-12/h5-10H,3-4,11H2,1-2H3/b18-10+,26-21?. The molecule has 0 spiro atoms. The van der Waals surface area contributed by atoms with Crippen molar-refractivity contribution in [2.45, 2.75) is 20.5 Å². The number of halogens is 4. The van der Waals surface area contributed by atoms with E-state index in [0.717, 1.165) is 5.56 Å². The summed E-state index contributed by atoms with van der Waals surface area (Å²) in [4.78, 5) is 19.2. The topological polar surface area (TPSA) is 41.9 Å². The molecule has 2 aromatic carbocycles. The highest BCUT2D eigenvalue weighted by molar-refractivity contribution is 8.18. The highest BCUT2D eigenvalue weighted by atomic mass is 35.5. The summed E-state index contributed by atoms with van der Waals surface area (Å²) in [7, 11) is 0. The van der Waals surface area contributed by atoms with Crippen LogP contribution in [0.25, 0.3) is 6.08 Å². The van der Waals surface area contributed by atoms with Gasteiger partial charge in [0.25, 0.3) is 5.91 Å². The largest absolute Gasteiger partial charge is 0.486 e. The Bertz CT molecular complexity index is 1020. The summed E-state index contributed by atoms with van der Waals surface area (Å²) >= 11 is 26.1. The number of amidine groups is 1. The predicted octanol–water partition coefficient (Wildman–Crippen LogP) is 7.19. The van der Waals surface area contributed by atoms with Crippen LogP contribution in [-0.4, -0.2) is 29.1 Å². The molecule has 0 N–H and O–H groups in total. The normalized spacial score (nSPS) is 16.7. The number of carbonyl (C=O) groups is 1. The van der Waals surface area contributed by atoms with Crippen molar-refractivity contribution in [3.05, 3.63) is 66.5 Å². The van der Waals surface area contributed by atoms with Crippen LogP contribution in [0.15, 0.2) is 40.2 Å². The number of carbonyl (C=O) groups excluding carboxylic acids is 1. The monoisotopic (exact) mass is 502 g/mol. The number of hydrogen-bond donors (Lipinski definition) is 0. The lowest BCUT2D eigenvalue weighted by Gasteiger charge is -2.12. The van der Waals surface area contributed by atoms with E-state index in [4.69, 9.17) is 51.1 Å². The molecule has 1 fully saturated rings. The van der Waals surface area contributed by atoms with Crippen molar-refractivity contribution in [3.63, 3.8) is 0 Å². The Labute approximate surface area is 199 Å². The Kier molecular flexibility index (Phi) is 7.99. The van der Waals surface area contributed by atoms with E-state index >= 15 is 0 Å². The summed E-state index contributed by atoms with van der Waals surface area (Å²) in [6, 6.07) is 8.66. The molecule has 1 saturated heterocycles. The first-order valence-electron chi connectivity index (χ1n) is 9.15. The average molecular weight is 504 g/mol. The molecule has 158 valence electrons. The third-order valence-electron chi connectivity index (χ3n) is 4.18. The van der Waals surface area contributed by atoms with Crippen LogP contribution in [0.3, 0.4) is 0 Å². The summed E-state index contributed by atoms with van der Waals surface area (Å²) in [5.74, 6) is 0.280. The third-order valence-corrected chi connectivity index (χ3v) is 6.53. The molecule has 9 heteroatoms. The van der Waals surface area contributed by atoms with E-state index in [-0.39, 0.29) is 12.5 Å². The Morgan fingerprint density at radius 3 is 2.33 bits per heavy atom. The molecule has 0 unspecified atom stereocenters. The Morgan fingerprint density at radius 1 is 1.03 bits per heavy atom. The summed E-state index contributed by atoms with van der Waals surface area (Å²) in [6.45, 7) is 5.25. The van der Waals surface area contributed by atoms with Gasteiger partial charge in [-0.05, 0) is 67.1 Å². The minimum absolute atomic E-state index is 0.0816. The maximum Gasteiger partial charge on any atom is 0.266 e. The molecule has 0 aliphatic carbocycles. The Morgan fingerprint density at radius 2 is 1.73 bits per heavy atom. The first-order chi connectivity index (χ1) is 14.3. The molecule has 0 aromatic heterocycles. The van der Waals surface area contributed by atoms with Crippen molar-refractivity contribution < 1.29 is 9.53 Å². The molecule has 4 nitrogen and oxygen atoms in total. The van der Waals surface area contributed by atoms with Gasteiger partial charge in [0.15, 0.2) is 10.9 Å². The van der Waals surface area contributed by atoms with Crippen LogP contribution in [0.5, 0.6) is 5.75 Å². The van der Waals surface area contributed by atoms with Crippen LogP contribution in [-0.2, 0) is 11.4 Å². The van der Waals surface area contributed by atoms with Gasteiger partial charge in [-0.15, -0.1) is 0 Å². The van der Waals surface area contributed by atoms with Crippen LogP contribution in [0.1, 0.15) is 25.0 Å². The summed E-state index contributed by atoms with van der Waals surface area (Å²) in [5, 5.41) is 2.32. The number of likely N-dealkylation sites (N-methyl/N-ethyl adjacent to an activating group) is 1. The fourth-order valence-corrected chi connectivity index (χ4v) is 4.82. The number of rotatable bonds is 6. The fraction of sp³-hybridized carbons (Fsp3) is 0.238. The molecule has 1 aliphatic heterocycles. The second kappa shape index (κ2) is 10.3. The van der Waals surface area contributed by atoms with Gasteiger partial charge in [-0.1, -0.05) is 52.5 Å². The average Bonchev–Trinajstić information content (AvgIpc) is 2.98. The first-order valence-corrected chi connectivity index (χ1v) is 11.5. The van der Waals surface area contributed by atoms with Crippen LogP contribution in [0.4, 0.5) is 0 Å². The van der Waals surface area contributed by atoms with Crippen molar-refractivity contribution in [2.24, 2.45) is 4.99 Å². The zero-order valence-electron chi connectivity index (χ0n) is 16.2. The predicted molar refractivity (Wildman–Crippen MR) is 128 cm³/mol. The van der Waals surface area contributed by atoms with Gasteiger partial charge in [-0.3, -0.25) is 14.7 Å². The minimum atomic E-state index is -0.0816. The number of hydrogen-bond acceptors (Lipinski definition) is 4. The third kappa shape index (κ3) is 5.27. The van der Waals surface area contributed by atoms with Crippen LogP contribution >= 0.6 is 58.2 Å². The highest BCUT2D eigenvalue weighted by Gasteiger charge is 2.31. The number of thioether (sulfide) groups is 1. The van der Waals surface area contributed by atoms with Crippen molar-refractivity contribution in [1.29, 1.82) is 0 Å². The number of ether oxygens (including phenoxy) is 1. The van der Waals surface area contributed by atoms with E-state index in [1.165, 1.54) is 11.8 Å². The van der Waals surface area contributed by atoms with E-state index in [0.29, 0.717) is 54.6 Å². The zero-order valence-corrected chi connectivity index (χ0v) is 20.1. The molecular weight excluding hydrogens is 486 g/mol. The SMILES string of the molecule is CCN=C1S/C(=C/c2cc(Cl)c(OCc3ccc(Cl)c(Cl)c3)c(Cl)c2)C(=O)N1CC. The minimum Gasteiger partial charge on any atom is -0.486 e. The molecule has 0 atom stereocenters. The smallest absolute Gasteiger partial charge is 0.266 e. The van der Waals surface area contributed by atoms with Gasteiger partial charge < -0.3 is 4.74 Å². The molecule has 1 heterocycles. The highest BCUT2D eigenvalue weighted by Crippen LogP contribution is 2.38. The number of aliphatic imine (C=N–C) groups is 1. The lowest BCUT2D eigenvalue weighted by molar-refractivity contribution is -0.122. The summed E-state index contributed by atoms with van der Waals surface area (Å²) in [6.07, 6.45) is 1.76. The van der Waals surface area contributed by atoms with Crippen molar-refractivity contribution in [1.82, 2.24) is 4.90 Å². The lowest BCUT2D eigenvalue weighted by atomic mass is 10.2. The van der Waals surface area contributed by atoms with Crippen LogP contribution in [0, 0.1) is 0 Å². The molecule has 1 aliphatic rings. The van der Waals surface area contributed by atoms with E-state index in [1.54, 1.807) is 35.2 Å². The van der Waals surface area contributed by atoms with Gasteiger partial charge in [0.2, 0.25) is 0 Å². The van der Waals surface area contributed by atoms with Gasteiger partial charge in [0, 0.05) is 13.1 Å². The number of nitrogens with zero attached hydrogens (tertiary/aromatic N) is 2. The molecule has 2 aromatic rings. The number of benzene rings is 2. The van der Waals surface area contributed by atoms with Crippen molar-refractivity contribution >= 4 is 75.3 Å². The first kappa shape index (κ1) is 23.3. The van der Waals surface area contributed by atoms with E-state index < -0.39 is 0 Å². The van der Waals surface area contributed by atoms with E-state index in [9.17, 15) is 4.79 Å². The quantitative estimate of drug-likeness (QED) is 0.391. The van der Waals surface area contributed by atoms with Crippen LogP contribution < -0.4 is 4.74 Å². The summed E-state index contributed by atoms with van der Waals surface area (Å²) in [5.41, 5.74) is 1.54. The van der Waals surface area contributed by atoms with Gasteiger partial charge in [0.05, 0.1) is 25.0 Å². The molecule has 30 heavy (non-hydrogen) atoms. The second-order valence-electron chi connectivity index (χ2n) is 6.27. The molecule has 0 radical (unpaired) electrons. The maximum absolute atomic E-state index is 12.6. The molecule has 3 rings (SSSR count). The molecule has 0 bridgehead atoms. The van der Waals surface area contributed by atoms with Gasteiger partial charge >= 0.3 is 0 Å². The van der Waals surface area contributed by atoms with Gasteiger partial charge in [-0.2, -0.15) is 0 Å². The molecule has 0 saturated carbocycles. The molecular formula is C21H18Cl4N2O2S. The van der Waals surface area contributed by atoms with Crippen molar-refractivity contribution in [3.8, 4) is 5.75 Å². The van der Waals surface area contributed by atoms with Crippen LogP contribution in [0.2, 0.25) is 20.1 Å².